The van der Waals surface area contributed by atoms with Crippen molar-refractivity contribution < 1.29 is 22.7 Å². The van der Waals surface area contributed by atoms with E-state index in [4.69, 9.17) is 4.74 Å². The summed E-state index contributed by atoms with van der Waals surface area (Å²) in [6.45, 7) is 4.53. The molecule has 1 fully saturated rings. The molecule has 0 spiro atoms. The zero-order valence-electron chi connectivity index (χ0n) is 15.5. The fourth-order valence-electron chi connectivity index (χ4n) is 3.07. The number of anilines is 1. The minimum absolute atomic E-state index is 0.193. The summed E-state index contributed by atoms with van der Waals surface area (Å²) in [4.78, 5) is 26.1. The molecular formula is C18H26N2O5S. The highest BCUT2D eigenvalue weighted by atomic mass is 32.2. The number of rotatable bonds is 6. The third kappa shape index (κ3) is 4.97. The van der Waals surface area contributed by atoms with Gasteiger partial charge in [0.25, 0.3) is 0 Å². The Bertz CT molecular complexity index is 755. The molecule has 0 atom stereocenters. The third-order valence-corrected chi connectivity index (χ3v) is 5.66. The standard InChI is InChI=1S/C18H26N2O5S/c1-4-25-18(22)15-9-11-19(12-10-15)17(21)13-20(26(3,23)24)16-8-6-5-7-14(16)2/h5-8,15H,4,9-13H2,1-3H3. The number of ether oxygens (including phenoxy) is 1. The van der Waals surface area contributed by atoms with Crippen molar-refractivity contribution in [3.63, 3.8) is 0 Å². The number of esters is 1. The van der Waals surface area contributed by atoms with E-state index in [9.17, 15) is 18.0 Å². The molecule has 8 heteroatoms. The maximum Gasteiger partial charge on any atom is 0.309 e. The summed E-state index contributed by atoms with van der Waals surface area (Å²) < 4.78 is 30.6. The molecule has 144 valence electrons. The number of hydrogen-bond donors (Lipinski definition) is 0. The van der Waals surface area contributed by atoms with Crippen LogP contribution in [0.3, 0.4) is 0 Å². The number of piperidine rings is 1. The first-order valence-electron chi connectivity index (χ1n) is 8.71. The molecule has 1 aliphatic rings. The number of carbonyl (C=O) groups excluding carboxylic acids is 2. The predicted octanol–water partition coefficient (Wildman–Crippen LogP) is 1.56. The van der Waals surface area contributed by atoms with Gasteiger partial charge in [0.2, 0.25) is 15.9 Å². The second kappa shape index (κ2) is 8.53. The van der Waals surface area contributed by atoms with E-state index in [0.717, 1.165) is 16.1 Å². The summed E-state index contributed by atoms with van der Waals surface area (Å²) in [5, 5.41) is 0. The molecule has 26 heavy (non-hydrogen) atoms. The topological polar surface area (TPSA) is 84.0 Å². The van der Waals surface area contributed by atoms with Gasteiger partial charge in [-0.15, -0.1) is 0 Å². The van der Waals surface area contributed by atoms with E-state index >= 15 is 0 Å². The minimum atomic E-state index is -3.59. The van der Waals surface area contributed by atoms with Gasteiger partial charge in [0.05, 0.1) is 24.5 Å². The Hall–Kier alpha value is -2.09. The fraction of sp³-hybridized carbons (Fsp3) is 0.556. The first kappa shape index (κ1) is 20.2. The predicted molar refractivity (Wildman–Crippen MR) is 99.3 cm³/mol. The molecule has 0 saturated carbocycles. The van der Waals surface area contributed by atoms with Gasteiger partial charge in [0.15, 0.2) is 0 Å². The first-order chi connectivity index (χ1) is 12.2. The number of amides is 1. The first-order valence-corrected chi connectivity index (χ1v) is 10.6. The molecule has 1 heterocycles. The summed E-state index contributed by atoms with van der Waals surface area (Å²) in [5.41, 5.74) is 1.29. The molecule has 1 aromatic carbocycles. The average molecular weight is 382 g/mol. The van der Waals surface area contributed by atoms with Crippen molar-refractivity contribution in [2.24, 2.45) is 5.92 Å². The summed E-state index contributed by atoms with van der Waals surface area (Å²) >= 11 is 0. The summed E-state index contributed by atoms with van der Waals surface area (Å²) in [6.07, 6.45) is 2.17. The number of aryl methyl sites for hydroxylation is 1. The van der Waals surface area contributed by atoms with Gasteiger partial charge in [-0.1, -0.05) is 18.2 Å². The van der Waals surface area contributed by atoms with Crippen molar-refractivity contribution in [2.75, 3.05) is 36.8 Å². The monoisotopic (exact) mass is 382 g/mol. The van der Waals surface area contributed by atoms with E-state index < -0.39 is 10.0 Å². The van der Waals surface area contributed by atoms with E-state index in [1.54, 1.807) is 24.0 Å². The van der Waals surface area contributed by atoms with Crippen LogP contribution >= 0.6 is 0 Å². The lowest BCUT2D eigenvalue weighted by Crippen LogP contribution is -2.46. The van der Waals surface area contributed by atoms with Crippen molar-refractivity contribution in [1.82, 2.24) is 4.90 Å². The van der Waals surface area contributed by atoms with Gasteiger partial charge in [-0.3, -0.25) is 13.9 Å². The number of likely N-dealkylation sites (tertiary alicyclic amines) is 1. The van der Waals surface area contributed by atoms with Crippen LogP contribution < -0.4 is 4.31 Å². The molecule has 1 aliphatic heterocycles. The molecule has 2 rings (SSSR count). The fourth-order valence-corrected chi connectivity index (χ4v) is 3.98. The number of nitrogens with zero attached hydrogens (tertiary/aromatic N) is 2. The Morgan fingerprint density at radius 1 is 1.23 bits per heavy atom. The van der Waals surface area contributed by atoms with Gasteiger partial charge >= 0.3 is 5.97 Å². The maximum absolute atomic E-state index is 12.6. The Kier molecular flexibility index (Phi) is 6.63. The molecule has 1 aromatic rings. The van der Waals surface area contributed by atoms with Crippen LogP contribution in [0, 0.1) is 12.8 Å². The van der Waals surface area contributed by atoms with Gasteiger partial charge in [0, 0.05) is 13.1 Å². The van der Waals surface area contributed by atoms with Crippen LogP contribution in [0.1, 0.15) is 25.3 Å². The van der Waals surface area contributed by atoms with E-state index in [1.165, 1.54) is 0 Å². The third-order valence-electron chi connectivity index (χ3n) is 4.53. The van der Waals surface area contributed by atoms with Crippen molar-refractivity contribution in [3.05, 3.63) is 29.8 Å². The molecule has 0 aliphatic carbocycles. The molecule has 0 aromatic heterocycles. The highest BCUT2D eigenvalue weighted by Crippen LogP contribution is 2.23. The Labute approximate surface area is 155 Å². The van der Waals surface area contributed by atoms with E-state index in [0.29, 0.717) is 38.2 Å². The molecule has 1 amide bonds. The smallest absolute Gasteiger partial charge is 0.309 e. The molecule has 0 N–H and O–H groups in total. The highest BCUT2D eigenvalue weighted by molar-refractivity contribution is 7.92. The molecule has 0 radical (unpaired) electrons. The van der Waals surface area contributed by atoms with Crippen LogP contribution in [0.5, 0.6) is 0 Å². The van der Waals surface area contributed by atoms with Crippen molar-refractivity contribution in [1.29, 1.82) is 0 Å². The molecule has 7 nitrogen and oxygen atoms in total. The van der Waals surface area contributed by atoms with Gasteiger partial charge < -0.3 is 9.64 Å². The zero-order valence-corrected chi connectivity index (χ0v) is 16.3. The normalized spacial score (nSPS) is 15.6. The van der Waals surface area contributed by atoms with Gasteiger partial charge in [0.1, 0.15) is 6.54 Å². The van der Waals surface area contributed by atoms with Gasteiger partial charge in [-0.25, -0.2) is 8.42 Å². The van der Waals surface area contributed by atoms with E-state index in [1.807, 2.05) is 19.1 Å². The lowest BCUT2D eigenvalue weighted by molar-refractivity contribution is -0.151. The Balaban J connectivity index is 2.05. The van der Waals surface area contributed by atoms with Crippen molar-refractivity contribution in [2.45, 2.75) is 26.7 Å². The maximum atomic E-state index is 12.6. The van der Waals surface area contributed by atoms with E-state index in [-0.39, 0.29) is 24.3 Å². The largest absolute Gasteiger partial charge is 0.466 e. The van der Waals surface area contributed by atoms with Crippen LogP contribution in [-0.2, 0) is 24.3 Å². The van der Waals surface area contributed by atoms with Crippen LogP contribution in [0.25, 0.3) is 0 Å². The Morgan fingerprint density at radius 3 is 2.38 bits per heavy atom. The van der Waals surface area contributed by atoms with Gasteiger partial charge in [-0.05, 0) is 38.3 Å². The summed E-state index contributed by atoms with van der Waals surface area (Å²) in [6, 6.07) is 7.07. The van der Waals surface area contributed by atoms with Crippen LogP contribution in [0.15, 0.2) is 24.3 Å². The average Bonchev–Trinajstić information content (AvgIpc) is 2.59. The SMILES string of the molecule is CCOC(=O)C1CCN(C(=O)CN(c2ccccc2C)S(C)(=O)=O)CC1. The van der Waals surface area contributed by atoms with Crippen LogP contribution in [0.2, 0.25) is 0 Å². The molecular weight excluding hydrogens is 356 g/mol. The number of para-hydroxylation sites is 1. The molecule has 0 bridgehead atoms. The van der Waals surface area contributed by atoms with Crippen molar-refractivity contribution in [3.8, 4) is 0 Å². The lowest BCUT2D eigenvalue weighted by Gasteiger charge is -2.33. The van der Waals surface area contributed by atoms with E-state index in [2.05, 4.69) is 0 Å². The summed E-state index contributed by atoms with van der Waals surface area (Å²) in [7, 11) is -3.59. The highest BCUT2D eigenvalue weighted by Gasteiger charge is 2.30. The Morgan fingerprint density at radius 2 is 1.85 bits per heavy atom. The second-order valence-corrected chi connectivity index (χ2v) is 8.37. The number of hydrogen-bond acceptors (Lipinski definition) is 5. The zero-order chi connectivity index (χ0) is 19.3. The van der Waals surface area contributed by atoms with Gasteiger partial charge in [-0.2, -0.15) is 0 Å². The van der Waals surface area contributed by atoms with Crippen LogP contribution in [0.4, 0.5) is 5.69 Å². The lowest BCUT2D eigenvalue weighted by atomic mass is 9.97. The van der Waals surface area contributed by atoms with Crippen LogP contribution in [-0.4, -0.2) is 57.7 Å². The molecule has 0 unspecified atom stereocenters. The number of carbonyl (C=O) groups is 2. The minimum Gasteiger partial charge on any atom is -0.466 e. The quantitative estimate of drug-likeness (QED) is 0.697. The number of sulfonamides is 1. The molecule has 1 saturated heterocycles. The summed E-state index contributed by atoms with van der Waals surface area (Å²) in [5.74, 6) is -0.681. The van der Waals surface area contributed by atoms with Crippen molar-refractivity contribution >= 4 is 27.6 Å². The second-order valence-electron chi connectivity index (χ2n) is 6.46. The number of benzene rings is 1.